The van der Waals surface area contributed by atoms with E-state index in [0.29, 0.717) is 31.9 Å². The summed E-state index contributed by atoms with van der Waals surface area (Å²) in [6.07, 6.45) is 0. The number of nitrogens with zero attached hydrogens (tertiary/aromatic N) is 2. The normalized spacial score (nSPS) is 15.2. The van der Waals surface area contributed by atoms with E-state index in [1.807, 2.05) is 29.2 Å². The molecule has 2 heterocycles. The van der Waals surface area contributed by atoms with Gasteiger partial charge in [-0.2, -0.15) is 0 Å². The van der Waals surface area contributed by atoms with Gasteiger partial charge in [0.25, 0.3) is 5.91 Å². The first-order valence-electron chi connectivity index (χ1n) is 9.78. The molecule has 1 aromatic heterocycles. The number of aromatic hydroxyl groups is 1. The molecule has 0 atom stereocenters. The summed E-state index contributed by atoms with van der Waals surface area (Å²) in [6, 6.07) is 15.7. The Bertz CT molecular complexity index is 1010. The van der Waals surface area contributed by atoms with Gasteiger partial charge in [0.15, 0.2) is 0 Å². The highest BCUT2D eigenvalue weighted by Gasteiger charge is 2.24. The first kappa shape index (κ1) is 18.4. The number of phenols is 1. The van der Waals surface area contributed by atoms with E-state index in [-0.39, 0.29) is 17.1 Å². The molecule has 1 amide bonds. The molecule has 1 aliphatic rings. The van der Waals surface area contributed by atoms with E-state index in [1.165, 1.54) is 5.56 Å². The van der Waals surface area contributed by atoms with Crippen LogP contribution in [-0.2, 0) is 5.41 Å². The molecule has 2 N–H and O–H groups in total. The Balaban J connectivity index is 1.49. The van der Waals surface area contributed by atoms with E-state index >= 15 is 0 Å². The number of phenolic OH excluding ortho intramolecular Hbond substituents is 1. The van der Waals surface area contributed by atoms with Crippen LogP contribution < -0.4 is 4.90 Å². The maximum absolute atomic E-state index is 13.0. The molecule has 146 valence electrons. The number of amides is 1. The van der Waals surface area contributed by atoms with E-state index < -0.39 is 0 Å². The van der Waals surface area contributed by atoms with Crippen molar-refractivity contribution in [3.05, 3.63) is 59.8 Å². The monoisotopic (exact) mass is 377 g/mol. The lowest BCUT2D eigenvalue weighted by atomic mass is 9.87. The zero-order valence-corrected chi connectivity index (χ0v) is 16.7. The first-order chi connectivity index (χ1) is 13.3. The van der Waals surface area contributed by atoms with Crippen molar-refractivity contribution < 1.29 is 9.90 Å². The summed E-state index contributed by atoms with van der Waals surface area (Å²) < 4.78 is 0. The van der Waals surface area contributed by atoms with Crippen molar-refractivity contribution >= 4 is 22.5 Å². The van der Waals surface area contributed by atoms with Crippen LogP contribution in [0.15, 0.2) is 48.5 Å². The summed E-state index contributed by atoms with van der Waals surface area (Å²) in [5.41, 5.74) is 3.79. The molecule has 5 nitrogen and oxygen atoms in total. The molecular formula is C23H27N3O2. The second kappa shape index (κ2) is 6.89. The van der Waals surface area contributed by atoms with Crippen LogP contribution in [0.1, 0.15) is 36.8 Å². The van der Waals surface area contributed by atoms with Crippen LogP contribution in [0.3, 0.4) is 0 Å². The van der Waals surface area contributed by atoms with Gasteiger partial charge in [-0.15, -0.1) is 0 Å². The van der Waals surface area contributed by atoms with Crippen molar-refractivity contribution in [1.82, 2.24) is 9.88 Å². The highest BCUT2D eigenvalue weighted by atomic mass is 16.3. The van der Waals surface area contributed by atoms with Crippen LogP contribution >= 0.6 is 0 Å². The van der Waals surface area contributed by atoms with Gasteiger partial charge < -0.3 is 19.9 Å². The second-order valence-corrected chi connectivity index (χ2v) is 8.50. The zero-order valence-electron chi connectivity index (χ0n) is 16.7. The van der Waals surface area contributed by atoms with Crippen molar-refractivity contribution in [2.45, 2.75) is 26.2 Å². The van der Waals surface area contributed by atoms with Gasteiger partial charge in [-0.05, 0) is 35.2 Å². The number of benzene rings is 2. The van der Waals surface area contributed by atoms with Gasteiger partial charge in [0.05, 0.1) is 5.69 Å². The summed E-state index contributed by atoms with van der Waals surface area (Å²) in [5, 5.41) is 11.1. The standard InChI is InChI=1S/C23H27N3O2/c1-23(2,3)17-9-8-16-14-19(24-18(16)15-17)22(28)26-12-10-25(11-13-26)20-6-4-5-7-21(20)27/h4-9,14-15,24,27H,10-13H2,1-3H3. The molecule has 0 bridgehead atoms. The van der Waals surface area contributed by atoms with E-state index in [2.05, 4.69) is 48.9 Å². The molecule has 2 aromatic carbocycles. The Morgan fingerprint density at radius 2 is 1.71 bits per heavy atom. The van der Waals surface area contributed by atoms with Crippen LogP contribution in [0.4, 0.5) is 5.69 Å². The number of rotatable bonds is 2. The summed E-state index contributed by atoms with van der Waals surface area (Å²) in [7, 11) is 0. The highest BCUT2D eigenvalue weighted by molar-refractivity contribution is 5.98. The third-order valence-corrected chi connectivity index (χ3v) is 5.51. The Hall–Kier alpha value is -2.95. The largest absolute Gasteiger partial charge is 0.506 e. The molecule has 5 heteroatoms. The molecular weight excluding hydrogens is 350 g/mol. The summed E-state index contributed by atoms with van der Waals surface area (Å²) >= 11 is 0. The number of H-pyrrole nitrogens is 1. The number of aromatic amines is 1. The number of piperazine rings is 1. The van der Waals surface area contributed by atoms with E-state index in [1.54, 1.807) is 6.07 Å². The first-order valence-corrected chi connectivity index (χ1v) is 9.78. The van der Waals surface area contributed by atoms with E-state index in [4.69, 9.17) is 0 Å². The van der Waals surface area contributed by atoms with Gasteiger partial charge in [0.2, 0.25) is 0 Å². The van der Waals surface area contributed by atoms with Crippen LogP contribution in [-0.4, -0.2) is 47.1 Å². The predicted octanol–water partition coefficient (Wildman–Crippen LogP) is 4.13. The SMILES string of the molecule is CC(C)(C)c1ccc2cc(C(=O)N3CCN(c4ccccc4O)CC3)[nH]c2c1. The molecule has 28 heavy (non-hydrogen) atoms. The van der Waals surface area contributed by atoms with Gasteiger partial charge in [-0.3, -0.25) is 4.79 Å². The average Bonchev–Trinajstić information content (AvgIpc) is 3.11. The quantitative estimate of drug-likeness (QED) is 0.706. The fourth-order valence-corrected chi connectivity index (χ4v) is 3.76. The predicted molar refractivity (Wildman–Crippen MR) is 113 cm³/mol. The minimum atomic E-state index is 0.0328. The average molecular weight is 377 g/mol. The lowest BCUT2D eigenvalue weighted by molar-refractivity contribution is 0.0742. The van der Waals surface area contributed by atoms with E-state index in [0.717, 1.165) is 16.6 Å². The number of carbonyl (C=O) groups is 1. The number of fused-ring (bicyclic) bond motifs is 1. The van der Waals surface area contributed by atoms with Crippen LogP contribution in [0.25, 0.3) is 10.9 Å². The van der Waals surface area contributed by atoms with Gasteiger partial charge >= 0.3 is 0 Å². The number of hydrogen-bond donors (Lipinski definition) is 2. The van der Waals surface area contributed by atoms with Gasteiger partial charge in [-0.1, -0.05) is 45.0 Å². The highest BCUT2D eigenvalue weighted by Crippen LogP contribution is 2.28. The molecule has 1 aliphatic heterocycles. The topological polar surface area (TPSA) is 59.6 Å². The minimum Gasteiger partial charge on any atom is -0.506 e. The van der Waals surface area contributed by atoms with E-state index in [9.17, 15) is 9.90 Å². The molecule has 3 aromatic rings. The number of hydrogen-bond acceptors (Lipinski definition) is 3. The number of para-hydroxylation sites is 2. The fourth-order valence-electron chi connectivity index (χ4n) is 3.76. The third kappa shape index (κ3) is 3.44. The number of anilines is 1. The van der Waals surface area contributed by atoms with Crippen molar-refractivity contribution in [3.63, 3.8) is 0 Å². The molecule has 0 aliphatic carbocycles. The lowest BCUT2D eigenvalue weighted by Gasteiger charge is -2.36. The molecule has 1 fully saturated rings. The minimum absolute atomic E-state index is 0.0328. The molecule has 0 spiro atoms. The van der Waals surface area contributed by atoms with Crippen LogP contribution in [0.2, 0.25) is 0 Å². The Kier molecular flexibility index (Phi) is 4.53. The molecule has 0 saturated carbocycles. The summed E-state index contributed by atoms with van der Waals surface area (Å²) in [5.74, 6) is 0.318. The third-order valence-electron chi connectivity index (χ3n) is 5.51. The lowest BCUT2D eigenvalue weighted by Crippen LogP contribution is -2.48. The van der Waals surface area contributed by atoms with Crippen molar-refractivity contribution in [2.24, 2.45) is 0 Å². The summed E-state index contributed by atoms with van der Waals surface area (Å²) in [6.45, 7) is 9.24. The molecule has 4 rings (SSSR count). The van der Waals surface area contributed by atoms with Crippen LogP contribution in [0.5, 0.6) is 5.75 Å². The van der Waals surface area contributed by atoms with Crippen LogP contribution in [0, 0.1) is 0 Å². The van der Waals surface area contributed by atoms with Gasteiger partial charge in [-0.25, -0.2) is 0 Å². The van der Waals surface area contributed by atoms with Gasteiger partial charge in [0.1, 0.15) is 11.4 Å². The Morgan fingerprint density at radius 1 is 1.00 bits per heavy atom. The molecule has 0 radical (unpaired) electrons. The fraction of sp³-hybridized carbons (Fsp3) is 0.348. The number of nitrogens with one attached hydrogen (secondary N) is 1. The Morgan fingerprint density at radius 3 is 2.39 bits per heavy atom. The van der Waals surface area contributed by atoms with Crippen molar-refractivity contribution in [3.8, 4) is 5.75 Å². The number of aromatic nitrogens is 1. The van der Waals surface area contributed by atoms with Gasteiger partial charge in [0, 0.05) is 37.1 Å². The van der Waals surface area contributed by atoms with Crippen molar-refractivity contribution in [2.75, 3.05) is 31.1 Å². The second-order valence-electron chi connectivity index (χ2n) is 8.50. The maximum atomic E-state index is 13.0. The Labute approximate surface area is 165 Å². The maximum Gasteiger partial charge on any atom is 0.270 e. The molecule has 1 saturated heterocycles. The zero-order chi connectivity index (χ0) is 19.9. The smallest absolute Gasteiger partial charge is 0.270 e. The summed E-state index contributed by atoms with van der Waals surface area (Å²) in [4.78, 5) is 20.3. The van der Waals surface area contributed by atoms with Crippen molar-refractivity contribution in [1.29, 1.82) is 0 Å². The number of carbonyl (C=O) groups excluding carboxylic acids is 1. The molecule has 0 unspecified atom stereocenters.